The lowest BCUT2D eigenvalue weighted by Crippen LogP contribution is -2.14. The van der Waals surface area contributed by atoms with Gasteiger partial charge in [-0.25, -0.2) is 0 Å². The van der Waals surface area contributed by atoms with Gasteiger partial charge in [0.1, 0.15) is 5.75 Å². The SMILES string of the molecule is COc1cc(C)c(C2(C#N)CC2(C)C)cc1C(C)C. The number of nitriles is 1. The van der Waals surface area contributed by atoms with E-state index in [0.29, 0.717) is 5.92 Å². The van der Waals surface area contributed by atoms with Crippen LogP contribution in [-0.4, -0.2) is 7.11 Å². The van der Waals surface area contributed by atoms with E-state index in [2.05, 4.69) is 52.8 Å². The lowest BCUT2D eigenvalue weighted by atomic mass is 9.84. The van der Waals surface area contributed by atoms with Crippen LogP contribution in [0, 0.1) is 23.7 Å². The second-order valence-corrected chi connectivity index (χ2v) is 6.64. The summed E-state index contributed by atoms with van der Waals surface area (Å²) < 4.78 is 5.48. The quantitative estimate of drug-likeness (QED) is 0.808. The third-order valence-corrected chi connectivity index (χ3v) is 4.59. The highest BCUT2D eigenvalue weighted by molar-refractivity contribution is 5.54. The van der Waals surface area contributed by atoms with Crippen LogP contribution in [0.15, 0.2) is 12.1 Å². The van der Waals surface area contributed by atoms with Crippen molar-refractivity contribution >= 4 is 0 Å². The number of benzene rings is 1. The minimum absolute atomic E-state index is 0.0787. The number of ether oxygens (including phenoxy) is 1. The second kappa shape index (κ2) is 4.27. The Balaban J connectivity index is 2.61. The maximum atomic E-state index is 9.64. The normalized spacial score (nSPS) is 24.1. The van der Waals surface area contributed by atoms with Crippen LogP contribution in [0.3, 0.4) is 0 Å². The molecule has 1 atom stereocenters. The molecule has 0 aliphatic heterocycles. The summed E-state index contributed by atoms with van der Waals surface area (Å²) in [7, 11) is 1.71. The van der Waals surface area contributed by atoms with Crippen molar-refractivity contribution in [3.8, 4) is 11.8 Å². The Bertz CT molecular complexity index is 551. The number of nitrogens with zero attached hydrogens (tertiary/aromatic N) is 1. The molecule has 1 aromatic rings. The fourth-order valence-corrected chi connectivity index (χ4v) is 3.12. The maximum absolute atomic E-state index is 9.64. The third-order valence-electron chi connectivity index (χ3n) is 4.59. The van der Waals surface area contributed by atoms with Gasteiger partial charge in [-0.2, -0.15) is 5.26 Å². The van der Waals surface area contributed by atoms with Crippen molar-refractivity contribution in [1.29, 1.82) is 5.26 Å². The fourth-order valence-electron chi connectivity index (χ4n) is 3.12. The number of aryl methyl sites for hydroxylation is 1. The first kappa shape index (κ1) is 13.9. The summed E-state index contributed by atoms with van der Waals surface area (Å²) in [6.07, 6.45) is 0.946. The average Bonchev–Trinajstić information content (AvgIpc) is 2.91. The first-order valence-corrected chi connectivity index (χ1v) is 6.89. The Morgan fingerprint density at radius 1 is 1.32 bits per heavy atom. The lowest BCUT2D eigenvalue weighted by molar-refractivity contribution is 0.406. The van der Waals surface area contributed by atoms with Crippen LogP contribution in [0.4, 0.5) is 0 Å². The summed E-state index contributed by atoms with van der Waals surface area (Å²) in [5.74, 6) is 1.33. The Hall–Kier alpha value is -1.49. The molecule has 2 rings (SSSR count). The average molecular weight is 257 g/mol. The zero-order chi connectivity index (χ0) is 14.4. The van der Waals surface area contributed by atoms with Crippen LogP contribution >= 0.6 is 0 Å². The van der Waals surface area contributed by atoms with Gasteiger partial charge in [0, 0.05) is 0 Å². The molecule has 1 fully saturated rings. The molecule has 0 aromatic heterocycles. The molecule has 0 spiro atoms. The molecule has 2 nitrogen and oxygen atoms in total. The van der Waals surface area contributed by atoms with E-state index in [9.17, 15) is 5.26 Å². The number of hydrogen-bond donors (Lipinski definition) is 0. The molecule has 1 aliphatic rings. The van der Waals surface area contributed by atoms with E-state index < -0.39 is 0 Å². The molecule has 1 saturated carbocycles. The van der Waals surface area contributed by atoms with Crippen LogP contribution in [0.5, 0.6) is 5.75 Å². The first-order valence-electron chi connectivity index (χ1n) is 6.89. The topological polar surface area (TPSA) is 33.0 Å². The Morgan fingerprint density at radius 3 is 2.26 bits per heavy atom. The van der Waals surface area contributed by atoms with Crippen LogP contribution in [-0.2, 0) is 5.41 Å². The van der Waals surface area contributed by atoms with Gasteiger partial charge in [-0.1, -0.05) is 27.7 Å². The van der Waals surface area contributed by atoms with Gasteiger partial charge >= 0.3 is 0 Å². The van der Waals surface area contributed by atoms with Crippen molar-refractivity contribution in [3.05, 3.63) is 28.8 Å². The lowest BCUT2D eigenvalue weighted by Gasteiger charge is -2.20. The molecule has 1 unspecified atom stereocenters. The van der Waals surface area contributed by atoms with Crippen molar-refractivity contribution in [3.63, 3.8) is 0 Å². The smallest absolute Gasteiger partial charge is 0.122 e. The summed E-state index contributed by atoms with van der Waals surface area (Å²) in [5.41, 5.74) is 3.31. The number of rotatable bonds is 3. The van der Waals surface area contributed by atoms with Gasteiger partial charge < -0.3 is 4.74 Å². The Labute approximate surface area is 116 Å². The zero-order valence-corrected chi connectivity index (χ0v) is 12.8. The van der Waals surface area contributed by atoms with Crippen molar-refractivity contribution in [1.82, 2.24) is 0 Å². The van der Waals surface area contributed by atoms with Crippen molar-refractivity contribution < 1.29 is 4.74 Å². The van der Waals surface area contributed by atoms with Gasteiger partial charge in [-0.15, -0.1) is 0 Å². The monoisotopic (exact) mass is 257 g/mol. The molecular weight excluding hydrogens is 234 g/mol. The van der Waals surface area contributed by atoms with Gasteiger partial charge in [-0.3, -0.25) is 0 Å². The molecule has 0 bridgehead atoms. The summed E-state index contributed by atoms with van der Waals surface area (Å²) in [5, 5.41) is 9.64. The van der Waals surface area contributed by atoms with E-state index in [0.717, 1.165) is 17.7 Å². The van der Waals surface area contributed by atoms with Crippen molar-refractivity contribution in [2.75, 3.05) is 7.11 Å². The van der Waals surface area contributed by atoms with Gasteiger partial charge in [0.05, 0.1) is 18.6 Å². The summed E-state index contributed by atoms with van der Waals surface area (Å²) >= 11 is 0. The molecule has 0 amide bonds. The van der Waals surface area contributed by atoms with E-state index in [1.165, 1.54) is 11.1 Å². The van der Waals surface area contributed by atoms with E-state index in [4.69, 9.17) is 4.74 Å². The highest BCUT2D eigenvalue weighted by Crippen LogP contribution is 2.64. The highest BCUT2D eigenvalue weighted by Gasteiger charge is 2.63. The molecule has 0 saturated heterocycles. The fraction of sp³-hybridized carbons (Fsp3) is 0.588. The number of hydrogen-bond acceptors (Lipinski definition) is 2. The molecule has 0 radical (unpaired) electrons. The standard InChI is InChI=1S/C17H23NO/c1-11(2)13-8-14(12(3)7-15(13)19-6)17(10-18)9-16(17,4)5/h7-8,11H,9H2,1-6H3. The third kappa shape index (κ3) is 1.92. The van der Waals surface area contributed by atoms with Crippen molar-refractivity contribution in [2.45, 2.75) is 52.4 Å². The Morgan fingerprint density at radius 2 is 1.89 bits per heavy atom. The van der Waals surface area contributed by atoms with E-state index in [-0.39, 0.29) is 10.8 Å². The van der Waals surface area contributed by atoms with Crippen LogP contribution < -0.4 is 4.74 Å². The molecule has 102 valence electrons. The molecule has 0 heterocycles. The van der Waals surface area contributed by atoms with Gasteiger partial charge in [0.2, 0.25) is 0 Å². The minimum Gasteiger partial charge on any atom is -0.496 e. The Kier molecular flexibility index (Phi) is 3.13. The van der Waals surface area contributed by atoms with E-state index >= 15 is 0 Å². The molecule has 1 aromatic carbocycles. The predicted molar refractivity (Wildman–Crippen MR) is 77.5 cm³/mol. The largest absolute Gasteiger partial charge is 0.496 e. The van der Waals surface area contributed by atoms with E-state index in [1.807, 2.05) is 0 Å². The summed E-state index contributed by atoms with van der Waals surface area (Å²) in [4.78, 5) is 0. The molecule has 19 heavy (non-hydrogen) atoms. The van der Waals surface area contributed by atoms with Gasteiger partial charge in [-0.05, 0) is 53.5 Å². The van der Waals surface area contributed by atoms with Gasteiger partial charge in [0.15, 0.2) is 0 Å². The van der Waals surface area contributed by atoms with Crippen LogP contribution in [0.1, 0.15) is 56.7 Å². The number of methoxy groups -OCH3 is 1. The molecule has 1 aliphatic carbocycles. The summed E-state index contributed by atoms with van der Waals surface area (Å²) in [6.45, 7) is 10.8. The van der Waals surface area contributed by atoms with Crippen LogP contribution in [0.25, 0.3) is 0 Å². The first-order chi connectivity index (χ1) is 8.79. The van der Waals surface area contributed by atoms with Crippen molar-refractivity contribution in [2.24, 2.45) is 5.41 Å². The molecule has 0 N–H and O–H groups in total. The highest BCUT2D eigenvalue weighted by atomic mass is 16.5. The molecular formula is C17H23NO. The van der Waals surface area contributed by atoms with E-state index in [1.54, 1.807) is 7.11 Å². The van der Waals surface area contributed by atoms with Gasteiger partial charge in [0.25, 0.3) is 0 Å². The minimum atomic E-state index is -0.313. The maximum Gasteiger partial charge on any atom is 0.122 e. The molecule has 2 heteroatoms. The second-order valence-electron chi connectivity index (χ2n) is 6.64. The summed E-state index contributed by atoms with van der Waals surface area (Å²) in [6, 6.07) is 6.84. The van der Waals surface area contributed by atoms with Crippen LogP contribution in [0.2, 0.25) is 0 Å². The predicted octanol–water partition coefficient (Wildman–Crippen LogP) is 4.32. The zero-order valence-electron chi connectivity index (χ0n) is 12.8.